The molecule has 0 atom stereocenters. The van der Waals surface area contributed by atoms with Gasteiger partial charge in [-0.15, -0.1) is 12.4 Å². The second kappa shape index (κ2) is 4.97. The maximum Gasteiger partial charge on any atom is 0.142 e. The van der Waals surface area contributed by atoms with Crippen LogP contribution in [0.5, 0.6) is 5.75 Å². The van der Waals surface area contributed by atoms with E-state index in [2.05, 4.69) is 0 Å². The zero-order valence-electron chi connectivity index (χ0n) is 8.20. The lowest BCUT2D eigenvalue weighted by atomic mass is 10.2. The molecule has 0 aliphatic rings. The molecule has 1 rings (SSSR count). The molecule has 0 unspecified atom stereocenters. The Hall–Kier alpha value is -0.890. The van der Waals surface area contributed by atoms with Crippen LogP contribution < -0.4 is 10.5 Å². The first kappa shape index (κ1) is 12.1. The number of benzene rings is 1. The third-order valence-corrected chi connectivity index (χ3v) is 1.65. The number of nitrogens with two attached hydrogens (primary N) is 1. The second-order valence-corrected chi connectivity index (χ2v) is 3.15. The standard InChI is InChI=1S/C10H15NO.ClH/c1-7(2)12-9-6-4-5-8(3)10(9)11;/h4-7H,11H2,1-3H3;1H. The summed E-state index contributed by atoms with van der Waals surface area (Å²) >= 11 is 0. The van der Waals surface area contributed by atoms with Gasteiger partial charge in [0.15, 0.2) is 0 Å². The zero-order chi connectivity index (χ0) is 9.14. The van der Waals surface area contributed by atoms with Crippen LogP contribution in [0.1, 0.15) is 19.4 Å². The predicted octanol–water partition coefficient (Wildman–Crippen LogP) is 2.79. The number of nitrogen functional groups attached to an aromatic ring is 1. The van der Waals surface area contributed by atoms with Crippen LogP contribution in [0, 0.1) is 6.92 Å². The third-order valence-electron chi connectivity index (χ3n) is 1.65. The Bertz CT molecular complexity index is 274. The average molecular weight is 202 g/mol. The highest BCUT2D eigenvalue weighted by atomic mass is 35.5. The molecule has 1 aromatic rings. The molecule has 13 heavy (non-hydrogen) atoms. The molecule has 0 aliphatic heterocycles. The van der Waals surface area contributed by atoms with E-state index >= 15 is 0 Å². The fourth-order valence-corrected chi connectivity index (χ4v) is 1.01. The van der Waals surface area contributed by atoms with Gasteiger partial charge >= 0.3 is 0 Å². The Morgan fingerprint density at radius 3 is 2.46 bits per heavy atom. The van der Waals surface area contributed by atoms with Gasteiger partial charge in [-0.1, -0.05) is 12.1 Å². The fraction of sp³-hybridized carbons (Fsp3) is 0.400. The maximum atomic E-state index is 5.81. The summed E-state index contributed by atoms with van der Waals surface area (Å²) in [5.41, 5.74) is 7.61. The molecule has 3 heteroatoms. The Morgan fingerprint density at radius 1 is 1.31 bits per heavy atom. The van der Waals surface area contributed by atoms with Gasteiger partial charge < -0.3 is 10.5 Å². The Labute approximate surface area is 85.5 Å². The van der Waals surface area contributed by atoms with Crippen molar-refractivity contribution in [1.82, 2.24) is 0 Å². The molecule has 0 amide bonds. The summed E-state index contributed by atoms with van der Waals surface area (Å²) in [6.45, 7) is 5.95. The molecule has 0 spiro atoms. The van der Waals surface area contributed by atoms with Crippen molar-refractivity contribution < 1.29 is 4.74 Å². The van der Waals surface area contributed by atoms with Crippen molar-refractivity contribution in [3.05, 3.63) is 23.8 Å². The monoisotopic (exact) mass is 201 g/mol. The molecule has 2 N–H and O–H groups in total. The smallest absolute Gasteiger partial charge is 0.142 e. The third kappa shape index (κ3) is 3.15. The van der Waals surface area contributed by atoms with E-state index in [1.165, 1.54) is 0 Å². The van der Waals surface area contributed by atoms with E-state index in [1.807, 2.05) is 39.0 Å². The highest BCUT2D eigenvalue weighted by molar-refractivity contribution is 5.85. The Balaban J connectivity index is 0.00000144. The van der Waals surface area contributed by atoms with Crippen LogP contribution >= 0.6 is 12.4 Å². The first-order valence-corrected chi connectivity index (χ1v) is 4.13. The van der Waals surface area contributed by atoms with Gasteiger partial charge in [0.2, 0.25) is 0 Å². The van der Waals surface area contributed by atoms with Gasteiger partial charge in [0.1, 0.15) is 5.75 Å². The summed E-state index contributed by atoms with van der Waals surface area (Å²) in [5.74, 6) is 0.782. The van der Waals surface area contributed by atoms with E-state index in [-0.39, 0.29) is 18.5 Å². The SMILES string of the molecule is Cc1cccc(OC(C)C)c1N.Cl. The number of aryl methyl sites for hydroxylation is 1. The number of halogens is 1. The number of hydrogen-bond acceptors (Lipinski definition) is 2. The zero-order valence-corrected chi connectivity index (χ0v) is 9.02. The molecular formula is C10H16ClNO. The van der Waals surface area contributed by atoms with Crippen LogP contribution in [0.25, 0.3) is 0 Å². The number of anilines is 1. The summed E-state index contributed by atoms with van der Waals surface area (Å²) in [6, 6.07) is 5.81. The largest absolute Gasteiger partial charge is 0.489 e. The topological polar surface area (TPSA) is 35.2 Å². The first-order valence-electron chi connectivity index (χ1n) is 4.13. The van der Waals surface area contributed by atoms with Crippen LogP contribution in [0.4, 0.5) is 5.69 Å². The number of hydrogen-bond donors (Lipinski definition) is 1. The van der Waals surface area contributed by atoms with E-state index in [0.29, 0.717) is 0 Å². The minimum Gasteiger partial charge on any atom is -0.489 e. The van der Waals surface area contributed by atoms with Gasteiger partial charge in [0.05, 0.1) is 11.8 Å². The van der Waals surface area contributed by atoms with E-state index in [1.54, 1.807) is 0 Å². The van der Waals surface area contributed by atoms with Gasteiger partial charge in [-0.3, -0.25) is 0 Å². The molecule has 0 heterocycles. The van der Waals surface area contributed by atoms with Gasteiger partial charge in [0.25, 0.3) is 0 Å². The number of rotatable bonds is 2. The normalized spacial score (nSPS) is 9.54. The summed E-state index contributed by atoms with van der Waals surface area (Å²) in [4.78, 5) is 0. The second-order valence-electron chi connectivity index (χ2n) is 3.15. The van der Waals surface area contributed by atoms with Crippen LogP contribution in [0.3, 0.4) is 0 Å². The van der Waals surface area contributed by atoms with Crippen LogP contribution in [-0.4, -0.2) is 6.10 Å². The quantitative estimate of drug-likeness (QED) is 0.747. The summed E-state index contributed by atoms with van der Waals surface area (Å²) in [7, 11) is 0. The lowest BCUT2D eigenvalue weighted by molar-refractivity contribution is 0.244. The molecule has 2 nitrogen and oxygen atoms in total. The van der Waals surface area contributed by atoms with E-state index < -0.39 is 0 Å². The fourth-order valence-electron chi connectivity index (χ4n) is 1.01. The van der Waals surface area contributed by atoms with Crippen molar-refractivity contribution in [3.63, 3.8) is 0 Å². The van der Waals surface area contributed by atoms with Crippen molar-refractivity contribution in [3.8, 4) is 5.75 Å². The molecule has 0 fully saturated rings. The number of para-hydroxylation sites is 1. The molecule has 0 saturated carbocycles. The van der Waals surface area contributed by atoms with Crippen molar-refractivity contribution in [2.75, 3.05) is 5.73 Å². The Morgan fingerprint density at radius 2 is 1.92 bits per heavy atom. The van der Waals surface area contributed by atoms with Crippen molar-refractivity contribution in [1.29, 1.82) is 0 Å². The summed E-state index contributed by atoms with van der Waals surface area (Å²) in [6.07, 6.45) is 0.175. The molecule has 1 aromatic carbocycles. The lowest BCUT2D eigenvalue weighted by Crippen LogP contribution is -2.07. The van der Waals surface area contributed by atoms with E-state index in [9.17, 15) is 0 Å². The minimum atomic E-state index is 0. The molecule has 0 aromatic heterocycles. The highest BCUT2D eigenvalue weighted by Gasteiger charge is 2.03. The predicted molar refractivity (Wildman–Crippen MR) is 58.6 cm³/mol. The van der Waals surface area contributed by atoms with E-state index in [0.717, 1.165) is 17.0 Å². The Kier molecular flexibility index (Phi) is 4.63. The van der Waals surface area contributed by atoms with Crippen LogP contribution in [-0.2, 0) is 0 Å². The van der Waals surface area contributed by atoms with Gasteiger partial charge in [0, 0.05) is 0 Å². The molecule has 0 aliphatic carbocycles. The average Bonchev–Trinajstić information content (AvgIpc) is 1.98. The molecule has 0 bridgehead atoms. The van der Waals surface area contributed by atoms with Crippen molar-refractivity contribution in [2.24, 2.45) is 0 Å². The molecular weight excluding hydrogens is 186 g/mol. The molecule has 0 radical (unpaired) electrons. The lowest BCUT2D eigenvalue weighted by Gasteiger charge is -2.12. The van der Waals surface area contributed by atoms with E-state index in [4.69, 9.17) is 10.5 Å². The molecule has 0 saturated heterocycles. The van der Waals surface area contributed by atoms with Crippen LogP contribution in [0.15, 0.2) is 18.2 Å². The first-order chi connectivity index (χ1) is 5.61. The molecule has 74 valence electrons. The van der Waals surface area contributed by atoms with Gasteiger partial charge in [-0.25, -0.2) is 0 Å². The minimum absolute atomic E-state index is 0. The highest BCUT2D eigenvalue weighted by Crippen LogP contribution is 2.24. The summed E-state index contributed by atoms with van der Waals surface area (Å²) in [5, 5.41) is 0. The maximum absolute atomic E-state index is 5.81. The van der Waals surface area contributed by atoms with Crippen molar-refractivity contribution >= 4 is 18.1 Å². The van der Waals surface area contributed by atoms with Crippen molar-refractivity contribution in [2.45, 2.75) is 26.9 Å². The summed E-state index contributed by atoms with van der Waals surface area (Å²) < 4.78 is 5.50. The van der Waals surface area contributed by atoms with Crippen LogP contribution in [0.2, 0.25) is 0 Å². The number of ether oxygens (including phenoxy) is 1. The van der Waals surface area contributed by atoms with Gasteiger partial charge in [-0.2, -0.15) is 0 Å². The van der Waals surface area contributed by atoms with Gasteiger partial charge in [-0.05, 0) is 32.4 Å².